The van der Waals surface area contributed by atoms with Crippen LogP contribution in [0.3, 0.4) is 0 Å². The van der Waals surface area contributed by atoms with Crippen molar-refractivity contribution in [3.8, 4) is 5.75 Å². The lowest BCUT2D eigenvalue weighted by Gasteiger charge is -2.38. The minimum Gasteiger partial charge on any atom is -0.492 e. The second-order valence-electron chi connectivity index (χ2n) is 10.3. The van der Waals surface area contributed by atoms with Gasteiger partial charge in [0.2, 0.25) is 5.43 Å². The lowest BCUT2D eigenvalue weighted by Crippen LogP contribution is -2.54. The highest BCUT2D eigenvalue weighted by Crippen LogP contribution is 2.39. The molecule has 0 aliphatic carbocycles. The molecule has 2 N–H and O–H groups in total. The van der Waals surface area contributed by atoms with E-state index in [-0.39, 0.29) is 46.5 Å². The van der Waals surface area contributed by atoms with Gasteiger partial charge in [-0.1, -0.05) is 17.7 Å². The number of piperazine rings is 1. The molecule has 0 unspecified atom stereocenters. The van der Waals surface area contributed by atoms with Gasteiger partial charge in [-0.2, -0.15) is 0 Å². The van der Waals surface area contributed by atoms with E-state index in [1.54, 1.807) is 23.1 Å². The second kappa shape index (κ2) is 11.1. The second-order valence-corrected chi connectivity index (χ2v) is 10.8. The third-order valence-electron chi connectivity index (χ3n) is 6.76. The van der Waals surface area contributed by atoms with Gasteiger partial charge in [-0.3, -0.25) is 9.59 Å². The Balaban J connectivity index is 1.85. The number of aryl methyl sites for hydroxylation is 1. The Bertz CT molecular complexity index is 1460. The molecule has 11 heteroatoms. The standard InChI is InChI=1S/C28H32ClF3N4O3/c1-15-8-19(29)7-6-18(15)10-33-27(38)21-13-36(14-28(4,31)32)23-20(25(21)37)9-22(30)24(26(23)39-5)35-11-16(2)34-17(3)12-35/h6-9,13,16-17,34H,10-12,14H2,1-5H3,(H,33,38)/t16-,17+. The highest BCUT2D eigenvalue weighted by Gasteiger charge is 2.31. The zero-order chi connectivity index (χ0) is 28.6. The number of amides is 1. The first kappa shape index (κ1) is 28.8. The fourth-order valence-electron chi connectivity index (χ4n) is 5.20. The number of methoxy groups -OCH3 is 1. The Hall–Kier alpha value is -3.24. The Morgan fingerprint density at radius 1 is 1.23 bits per heavy atom. The maximum atomic E-state index is 15.7. The molecule has 210 valence electrons. The summed E-state index contributed by atoms with van der Waals surface area (Å²) in [6, 6.07) is 6.24. The molecule has 0 radical (unpaired) electrons. The highest BCUT2D eigenvalue weighted by atomic mass is 35.5. The minimum absolute atomic E-state index is 0.00404. The van der Waals surface area contributed by atoms with Crippen molar-refractivity contribution < 1.29 is 22.7 Å². The summed E-state index contributed by atoms with van der Waals surface area (Å²) in [6.07, 6.45) is 1.10. The molecule has 2 aromatic carbocycles. The van der Waals surface area contributed by atoms with E-state index >= 15 is 4.39 Å². The molecule has 0 bridgehead atoms. The van der Waals surface area contributed by atoms with E-state index in [0.717, 1.165) is 34.9 Å². The molecule has 1 aliphatic heterocycles. The van der Waals surface area contributed by atoms with Crippen molar-refractivity contribution in [3.63, 3.8) is 0 Å². The van der Waals surface area contributed by atoms with E-state index in [1.165, 1.54) is 7.11 Å². The molecule has 3 aromatic rings. The van der Waals surface area contributed by atoms with Crippen LogP contribution in [-0.4, -0.2) is 48.7 Å². The lowest BCUT2D eigenvalue weighted by atomic mass is 10.0. The molecule has 1 amide bonds. The lowest BCUT2D eigenvalue weighted by molar-refractivity contribution is 0.00480. The average molecular weight is 565 g/mol. The number of ether oxygens (including phenoxy) is 1. The SMILES string of the molecule is COc1c(N2C[C@@H](C)N[C@@H](C)C2)c(F)cc2c(=O)c(C(=O)NCc3ccc(Cl)cc3C)cn(CC(C)(F)F)c12. The number of fused-ring (bicyclic) bond motifs is 1. The summed E-state index contributed by atoms with van der Waals surface area (Å²) in [4.78, 5) is 28.4. The van der Waals surface area contributed by atoms with Crippen LogP contribution in [-0.2, 0) is 13.1 Å². The number of nitrogens with one attached hydrogen (secondary N) is 2. The van der Waals surface area contributed by atoms with E-state index in [0.29, 0.717) is 18.1 Å². The van der Waals surface area contributed by atoms with Crippen molar-refractivity contribution in [2.45, 2.75) is 58.8 Å². The zero-order valence-electron chi connectivity index (χ0n) is 22.5. The first-order valence-corrected chi connectivity index (χ1v) is 13.0. The average Bonchev–Trinajstić information content (AvgIpc) is 2.82. The number of rotatable bonds is 7. The molecule has 1 aliphatic rings. The molecule has 4 rings (SSSR count). The molecule has 39 heavy (non-hydrogen) atoms. The first-order chi connectivity index (χ1) is 18.3. The van der Waals surface area contributed by atoms with Crippen LogP contribution in [0.5, 0.6) is 5.75 Å². The predicted octanol–water partition coefficient (Wildman–Crippen LogP) is 4.88. The van der Waals surface area contributed by atoms with Gasteiger partial charge in [0.1, 0.15) is 11.3 Å². The highest BCUT2D eigenvalue weighted by molar-refractivity contribution is 6.30. The first-order valence-electron chi connectivity index (χ1n) is 12.6. The van der Waals surface area contributed by atoms with Gasteiger partial charge in [0.25, 0.3) is 11.8 Å². The number of aromatic nitrogens is 1. The van der Waals surface area contributed by atoms with Gasteiger partial charge in [0.15, 0.2) is 11.6 Å². The summed E-state index contributed by atoms with van der Waals surface area (Å²) in [5.41, 5.74) is 0.539. The quantitative estimate of drug-likeness (QED) is 0.428. The number of anilines is 1. The van der Waals surface area contributed by atoms with E-state index in [4.69, 9.17) is 16.3 Å². The van der Waals surface area contributed by atoms with E-state index in [9.17, 15) is 18.4 Å². The van der Waals surface area contributed by atoms with Crippen LogP contribution < -0.4 is 25.7 Å². The molecule has 1 aromatic heterocycles. The van der Waals surface area contributed by atoms with Crippen LogP contribution >= 0.6 is 11.6 Å². The van der Waals surface area contributed by atoms with Crippen LogP contribution in [0.25, 0.3) is 10.9 Å². The van der Waals surface area contributed by atoms with Gasteiger partial charge in [0, 0.05) is 49.9 Å². The molecule has 0 spiro atoms. The van der Waals surface area contributed by atoms with Gasteiger partial charge in [-0.15, -0.1) is 0 Å². The fourth-order valence-corrected chi connectivity index (χ4v) is 5.43. The number of carbonyl (C=O) groups is 1. The van der Waals surface area contributed by atoms with Crippen LogP contribution in [0.2, 0.25) is 5.02 Å². The third kappa shape index (κ3) is 6.17. The number of benzene rings is 2. The molecule has 1 saturated heterocycles. The van der Waals surface area contributed by atoms with Gasteiger partial charge in [0.05, 0.1) is 24.6 Å². The molecule has 2 heterocycles. The van der Waals surface area contributed by atoms with Crippen LogP contribution in [0.15, 0.2) is 35.3 Å². The number of nitrogens with zero attached hydrogens (tertiary/aromatic N) is 2. The summed E-state index contributed by atoms with van der Waals surface area (Å²) in [7, 11) is 1.31. The molecule has 0 saturated carbocycles. The maximum absolute atomic E-state index is 15.7. The Kier molecular flexibility index (Phi) is 8.18. The van der Waals surface area contributed by atoms with Gasteiger partial charge in [-0.25, -0.2) is 13.2 Å². The predicted molar refractivity (Wildman–Crippen MR) is 147 cm³/mol. The zero-order valence-corrected chi connectivity index (χ0v) is 23.3. The largest absolute Gasteiger partial charge is 0.492 e. The van der Waals surface area contributed by atoms with Crippen molar-refractivity contribution in [2.75, 3.05) is 25.1 Å². The van der Waals surface area contributed by atoms with Gasteiger partial charge in [-0.05, 0) is 50.1 Å². The molecule has 1 fully saturated rings. The normalized spacial score (nSPS) is 17.9. The summed E-state index contributed by atoms with van der Waals surface area (Å²) in [5, 5.41) is 6.35. The molecule has 2 atom stereocenters. The van der Waals surface area contributed by atoms with E-state index in [1.807, 2.05) is 20.8 Å². The smallest absolute Gasteiger partial charge is 0.262 e. The Morgan fingerprint density at radius 2 is 1.90 bits per heavy atom. The molecular formula is C28H32ClF3N4O3. The third-order valence-corrected chi connectivity index (χ3v) is 6.99. The fraction of sp³-hybridized carbons (Fsp3) is 0.429. The van der Waals surface area contributed by atoms with Crippen LogP contribution in [0, 0.1) is 12.7 Å². The van der Waals surface area contributed by atoms with E-state index < -0.39 is 29.6 Å². The number of carbonyl (C=O) groups excluding carboxylic acids is 1. The number of alkyl halides is 2. The number of hydrogen-bond acceptors (Lipinski definition) is 5. The maximum Gasteiger partial charge on any atom is 0.262 e. The van der Waals surface area contributed by atoms with Gasteiger partial charge >= 0.3 is 0 Å². The Labute approximate surface area is 229 Å². The van der Waals surface area contributed by atoms with Crippen LogP contribution in [0.4, 0.5) is 18.9 Å². The minimum atomic E-state index is -3.20. The summed E-state index contributed by atoms with van der Waals surface area (Å²) in [5.74, 6) is -4.73. The molecule has 7 nitrogen and oxygen atoms in total. The monoisotopic (exact) mass is 564 g/mol. The number of halogens is 4. The topological polar surface area (TPSA) is 75.6 Å². The number of pyridine rings is 1. The van der Waals surface area contributed by atoms with Crippen molar-refractivity contribution >= 4 is 34.1 Å². The van der Waals surface area contributed by atoms with Crippen molar-refractivity contribution in [3.05, 3.63) is 68.2 Å². The summed E-state index contributed by atoms with van der Waals surface area (Å²) < 4.78 is 51.1. The van der Waals surface area contributed by atoms with E-state index in [2.05, 4.69) is 10.6 Å². The van der Waals surface area contributed by atoms with Crippen molar-refractivity contribution in [2.24, 2.45) is 0 Å². The molecular weight excluding hydrogens is 533 g/mol. The van der Waals surface area contributed by atoms with Crippen molar-refractivity contribution in [1.29, 1.82) is 0 Å². The van der Waals surface area contributed by atoms with Crippen molar-refractivity contribution in [1.82, 2.24) is 15.2 Å². The van der Waals surface area contributed by atoms with Gasteiger partial charge < -0.3 is 24.8 Å². The Morgan fingerprint density at radius 3 is 2.49 bits per heavy atom. The summed E-state index contributed by atoms with van der Waals surface area (Å²) >= 11 is 5.99. The van der Waals surface area contributed by atoms with Crippen LogP contribution in [0.1, 0.15) is 42.3 Å². The summed E-state index contributed by atoms with van der Waals surface area (Å²) in [6.45, 7) is 6.60. The number of hydrogen-bond donors (Lipinski definition) is 2.